The maximum absolute atomic E-state index is 12.4. The molecule has 3 N–H and O–H groups in total. The topological polar surface area (TPSA) is 116 Å². The molecule has 4 rings (SSSR count). The van der Waals surface area contributed by atoms with Gasteiger partial charge in [-0.2, -0.15) is 0 Å². The molecule has 144 valence electrons. The van der Waals surface area contributed by atoms with Crippen LogP contribution in [0.4, 0.5) is 5.00 Å². The number of anilines is 1. The number of nitrogens with zero attached hydrogens (tertiary/aromatic N) is 4. The van der Waals surface area contributed by atoms with Crippen molar-refractivity contribution in [3.8, 4) is 0 Å². The summed E-state index contributed by atoms with van der Waals surface area (Å²) in [7, 11) is 0. The van der Waals surface area contributed by atoms with Crippen molar-refractivity contribution in [1.29, 1.82) is 0 Å². The minimum Gasteiger partial charge on any atom is -0.365 e. The Hall–Kier alpha value is -2.72. The van der Waals surface area contributed by atoms with E-state index < -0.39 is 5.91 Å². The highest BCUT2D eigenvalue weighted by Crippen LogP contribution is 2.38. The highest BCUT2D eigenvalue weighted by atomic mass is 32.2. The largest absolute Gasteiger partial charge is 0.365 e. The molecule has 1 aliphatic rings. The molecule has 1 aliphatic carbocycles. The van der Waals surface area contributed by atoms with Crippen LogP contribution in [0.25, 0.3) is 0 Å². The Morgan fingerprint density at radius 1 is 1.25 bits per heavy atom. The van der Waals surface area contributed by atoms with Crippen LogP contribution in [0.2, 0.25) is 0 Å². The lowest BCUT2D eigenvalue weighted by atomic mass is 10.1. The van der Waals surface area contributed by atoms with E-state index in [0.29, 0.717) is 22.3 Å². The fourth-order valence-electron chi connectivity index (χ4n) is 3.20. The second-order valence-electron chi connectivity index (χ2n) is 6.37. The lowest BCUT2D eigenvalue weighted by Gasteiger charge is -2.06. The van der Waals surface area contributed by atoms with Crippen LogP contribution in [0, 0.1) is 0 Å². The molecule has 2 amide bonds. The highest BCUT2D eigenvalue weighted by Gasteiger charge is 2.26. The van der Waals surface area contributed by atoms with E-state index in [0.717, 1.165) is 35.3 Å². The summed E-state index contributed by atoms with van der Waals surface area (Å²) in [6.45, 7) is 0.529. The number of hydrogen-bond donors (Lipinski definition) is 2. The second-order valence-corrected chi connectivity index (χ2v) is 8.41. The Labute approximate surface area is 169 Å². The number of rotatable bonds is 7. The monoisotopic (exact) mass is 414 g/mol. The van der Waals surface area contributed by atoms with Gasteiger partial charge in [-0.15, -0.1) is 16.4 Å². The van der Waals surface area contributed by atoms with E-state index in [1.165, 1.54) is 23.1 Å². The Bertz CT molecular complexity index is 1010. The van der Waals surface area contributed by atoms with Crippen molar-refractivity contribution in [3.05, 3.63) is 51.9 Å². The average Bonchev–Trinajstić information content (AvgIpc) is 3.36. The summed E-state index contributed by atoms with van der Waals surface area (Å²) in [4.78, 5) is 25.4. The van der Waals surface area contributed by atoms with Crippen molar-refractivity contribution in [3.63, 3.8) is 0 Å². The second kappa shape index (κ2) is 8.11. The van der Waals surface area contributed by atoms with Gasteiger partial charge in [0.2, 0.25) is 11.1 Å². The molecule has 0 saturated heterocycles. The molecule has 10 heteroatoms. The van der Waals surface area contributed by atoms with Gasteiger partial charge in [-0.1, -0.05) is 42.1 Å². The zero-order valence-electron chi connectivity index (χ0n) is 14.9. The molecule has 2 heterocycles. The van der Waals surface area contributed by atoms with Crippen LogP contribution < -0.4 is 11.1 Å². The van der Waals surface area contributed by atoms with E-state index in [2.05, 4.69) is 20.8 Å². The number of primary amides is 1. The predicted octanol–water partition coefficient (Wildman–Crippen LogP) is 2.10. The van der Waals surface area contributed by atoms with E-state index in [4.69, 9.17) is 5.73 Å². The molecule has 0 fully saturated rings. The number of fused-ring (bicyclic) bond motifs is 1. The minimum atomic E-state index is -0.492. The first kappa shape index (κ1) is 18.6. The smallest absolute Gasteiger partial charge is 0.251 e. The summed E-state index contributed by atoms with van der Waals surface area (Å²) < 4.78 is 1.65. The number of hydrogen-bond acceptors (Lipinski definition) is 7. The maximum Gasteiger partial charge on any atom is 0.251 e. The summed E-state index contributed by atoms with van der Waals surface area (Å²) >= 11 is 2.69. The van der Waals surface area contributed by atoms with E-state index in [-0.39, 0.29) is 11.7 Å². The van der Waals surface area contributed by atoms with Gasteiger partial charge < -0.3 is 11.1 Å². The predicted molar refractivity (Wildman–Crippen MR) is 108 cm³/mol. The normalized spacial score (nSPS) is 12.7. The SMILES string of the molecule is NC(=O)c1c(NC(=O)CSc2nnnn2Cc2ccccc2)sc2c1CCC2. The Kier molecular flexibility index (Phi) is 5.40. The van der Waals surface area contributed by atoms with E-state index in [1.807, 2.05) is 30.3 Å². The van der Waals surface area contributed by atoms with Gasteiger partial charge in [-0.05, 0) is 40.8 Å². The maximum atomic E-state index is 12.4. The fraction of sp³-hybridized carbons (Fsp3) is 0.278. The molecule has 2 aromatic heterocycles. The molecule has 0 aliphatic heterocycles. The van der Waals surface area contributed by atoms with Crippen LogP contribution in [0.5, 0.6) is 0 Å². The molecule has 8 nitrogen and oxygen atoms in total. The lowest BCUT2D eigenvalue weighted by molar-refractivity contribution is -0.113. The number of carbonyl (C=O) groups is 2. The molecule has 0 spiro atoms. The quantitative estimate of drug-likeness (QED) is 0.572. The minimum absolute atomic E-state index is 0.135. The van der Waals surface area contributed by atoms with Crippen molar-refractivity contribution in [2.75, 3.05) is 11.1 Å². The number of aryl methyl sites for hydroxylation is 1. The molecule has 0 radical (unpaired) electrons. The van der Waals surface area contributed by atoms with Gasteiger partial charge in [0.25, 0.3) is 5.91 Å². The van der Waals surface area contributed by atoms with Crippen LogP contribution in [-0.2, 0) is 24.2 Å². The summed E-state index contributed by atoms with van der Waals surface area (Å²) in [6.07, 6.45) is 2.79. The van der Waals surface area contributed by atoms with Gasteiger partial charge in [0.05, 0.1) is 17.9 Å². The number of amides is 2. The van der Waals surface area contributed by atoms with Crippen molar-refractivity contribution in [1.82, 2.24) is 20.2 Å². The molecular weight excluding hydrogens is 396 g/mol. The Morgan fingerprint density at radius 2 is 2.07 bits per heavy atom. The first-order valence-corrected chi connectivity index (χ1v) is 10.6. The number of tetrazole rings is 1. The summed E-state index contributed by atoms with van der Waals surface area (Å²) in [5.41, 5.74) is 8.06. The van der Waals surface area contributed by atoms with Gasteiger partial charge in [0.1, 0.15) is 5.00 Å². The highest BCUT2D eigenvalue weighted by molar-refractivity contribution is 7.99. The van der Waals surface area contributed by atoms with E-state index >= 15 is 0 Å². The molecule has 0 bridgehead atoms. The number of benzene rings is 1. The van der Waals surface area contributed by atoms with Crippen LogP contribution in [0.15, 0.2) is 35.5 Å². The third kappa shape index (κ3) is 3.92. The summed E-state index contributed by atoms with van der Waals surface area (Å²) in [5.74, 6) is -0.577. The van der Waals surface area contributed by atoms with Crippen LogP contribution >= 0.6 is 23.1 Å². The molecule has 0 saturated carbocycles. The van der Waals surface area contributed by atoms with Crippen molar-refractivity contribution in [2.24, 2.45) is 5.73 Å². The number of carbonyl (C=O) groups excluding carboxylic acids is 2. The third-order valence-corrected chi connectivity index (χ3v) is 6.59. The van der Waals surface area contributed by atoms with Crippen molar-refractivity contribution >= 4 is 39.9 Å². The first-order chi connectivity index (χ1) is 13.6. The summed E-state index contributed by atoms with van der Waals surface area (Å²) in [5, 5.41) is 15.6. The van der Waals surface area contributed by atoms with E-state index in [1.54, 1.807) is 4.68 Å². The average molecular weight is 415 g/mol. The van der Waals surface area contributed by atoms with Gasteiger partial charge in [0, 0.05) is 4.88 Å². The number of thiophene rings is 1. The van der Waals surface area contributed by atoms with Crippen LogP contribution in [0.1, 0.15) is 32.8 Å². The molecular formula is C18H18N6O2S2. The standard InChI is InChI=1S/C18H18N6O2S2/c19-16(26)15-12-7-4-8-13(12)28-17(15)20-14(25)10-27-18-21-22-23-24(18)9-11-5-2-1-3-6-11/h1-3,5-6H,4,7-10H2,(H2,19,26)(H,20,25). The summed E-state index contributed by atoms with van der Waals surface area (Å²) in [6, 6.07) is 9.83. The molecule has 0 atom stereocenters. The fourth-order valence-corrected chi connectivity index (χ4v) is 5.19. The third-order valence-electron chi connectivity index (χ3n) is 4.43. The van der Waals surface area contributed by atoms with Crippen LogP contribution in [0.3, 0.4) is 0 Å². The first-order valence-electron chi connectivity index (χ1n) is 8.79. The molecule has 3 aromatic rings. The zero-order valence-corrected chi connectivity index (χ0v) is 16.6. The molecule has 0 unspecified atom stereocenters. The molecule has 28 heavy (non-hydrogen) atoms. The number of nitrogens with two attached hydrogens (primary N) is 1. The van der Waals surface area contributed by atoms with Crippen LogP contribution in [-0.4, -0.2) is 37.8 Å². The van der Waals surface area contributed by atoms with Crippen molar-refractivity contribution in [2.45, 2.75) is 31.0 Å². The van der Waals surface area contributed by atoms with Gasteiger partial charge in [0.15, 0.2) is 0 Å². The zero-order chi connectivity index (χ0) is 19.5. The lowest BCUT2D eigenvalue weighted by Crippen LogP contribution is -2.19. The Morgan fingerprint density at radius 3 is 2.86 bits per heavy atom. The number of thioether (sulfide) groups is 1. The van der Waals surface area contributed by atoms with E-state index in [9.17, 15) is 9.59 Å². The van der Waals surface area contributed by atoms with Gasteiger partial charge in [-0.25, -0.2) is 4.68 Å². The number of aromatic nitrogens is 4. The Balaban J connectivity index is 1.40. The van der Waals surface area contributed by atoms with Gasteiger partial charge >= 0.3 is 0 Å². The van der Waals surface area contributed by atoms with Crippen molar-refractivity contribution < 1.29 is 9.59 Å². The van der Waals surface area contributed by atoms with Gasteiger partial charge in [-0.3, -0.25) is 9.59 Å². The molecule has 1 aromatic carbocycles. The number of nitrogens with one attached hydrogen (secondary N) is 1.